The maximum absolute atomic E-state index is 5.54. The van der Waals surface area contributed by atoms with Gasteiger partial charge in [0, 0.05) is 68.5 Å². The fraction of sp³-hybridized carbons (Fsp3) is 0.519. The molecule has 4 aromatic rings. The Morgan fingerprint density at radius 1 is 1.09 bits per heavy atom. The summed E-state index contributed by atoms with van der Waals surface area (Å²) >= 11 is 1.76. The Labute approximate surface area is 209 Å². The van der Waals surface area contributed by atoms with E-state index in [2.05, 4.69) is 51.2 Å². The van der Waals surface area contributed by atoms with Crippen LogP contribution in [0, 0.1) is 17.8 Å². The molecular formula is C27H32N6OS. The van der Waals surface area contributed by atoms with E-state index < -0.39 is 0 Å². The van der Waals surface area contributed by atoms with Gasteiger partial charge in [-0.2, -0.15) is 5.10 Å². The SMILES string of the molecule is Cn1cc2cc(-c3nnc(NC4C[C@@H]5CN(CC6CCOCC6)C[C@@H]5C4)c4sccc34)ccc2n1. The Bertz CT molecular complexity index is 1340. The fourth-order valence-corrected chi connectivity index (χ4v) is 7.48. The molecule has 0 amide bonds. The van der Waals surface area contributed by atoms with E-state index in [1.54, 1.807) is 11.3 Å². The van der Waals surface area contributed by atoms with Crippen LogP contribution in [0.4, 0.5) is 5.82 Å². The third-order valence-corrected chi connectivity index (χ3v) is 9.22. The molecule has 1 saturated carbocycles. The molecule has 3 aliphatic rings. The molecule has 0 spiro atoms. The lowest BCUT2D eigenvalue weighted by Gasteiger charge is -2.27. The largest absolute Gasteiger partial charge is 0.381 e. The Hall–Kier alpha value is -2.55. The van der Waals surface area contributed by atoms with Crippen LogP contribution in [0.25, 0.3) is 32.2 Å². The van der Waals surface area contributed by atoms with Gasteiger partial charge in [-0.05, 0) is 67.0 Å². The lowest BCUT2D eigenvalue weighted by Crippen LogP contribution is -2.32. The number of benzene rings is 1. The van der Waals surface area contributed by atoms with Crippen molar-refractivity contribution in [3.05, 3.63) is 35.8 Å². The van der Waals surface area contributed by atoms with Crippen molar-refractivity contribution in [1.29, 1.82) is 0 Å². The summed E-state index contributed by atoms with van der Waals surface area (Å²) in [6.07, 6.45) is 7.00. The Kier molecular flexibility index (Phi) is 5.48. The van der Waals surface area contributed by atoms with Crippen molar-refractivity contribution in [2.75, 3.05) is 38.2 Å². The van der Waals surface area contributed by atoms with E-state index in [1.807, 2.05) is 11.7 Å². The lowest BCUT2D eigenvalue weighted by molar-refractivity contribution is 0.0545. The highest BCUT2D eigenvalue weighted by molar-refractivity contribution is 7.17. The molecule has 3 atom stereocenters. The Morgan fingerprint density at radius 2 is 1.91 bits per heavy atom. The van der Waals surface area contributed by atoms with E-state index in [0.717, 1.165) is 58.9 Å². The molecule has 5 heterocycles. The van der Waals surface area contributed by atoms with E-state index in [1.165, 1.54) is 55.4 Å². The van der Waals surface area contributed by atoms with Gasteiger partial charge in [0.2, 0.25) is 0 Å². The summed E-state index contributed by atoms with van der Waals surface area (Å²) in [5.74, 6) is 3.40. The monoisotopic (exact) mass is 488 g/mol. The van der Waals surface area contributed by atoms with Crippen molar-refractivity contribution in [3.8, 4) is 11.3 Å². The number of thiophene rings is 1. The number of anilines is 1. The van der Waals surface area contributed by atoms with E-state index in [-0.39, 0.29) is 0 Å². The summed E-state index contributed by atoms with van der Waals surface area (Å²) in [4.78, 5) is 2.73. The highest BCUT2D eigenvalue weighted by Gasteiger charge is 2.41. The first kappa shape index (κ1) is 21.7. The van der Waals surface area contributed by atoms with Gasteiger partial charge in [0.1, 0.15) is 5.69 Å². The molecule has 1 N–H and O–H groups in total. The molecule has 7 rings (SSSR count). The van der Waals surface area contributed by atoms with Gasteiger partial charge in [0.05, 0.1) is 10.2 Å². The third-order valence-electron chi connectivity index (χ3n) is 8.30. The quantitative estimate of drug-likeness (QED) is 0.436. The molecule has 182 valence electrons. The molecule has 1 unspecified atom stereocenters. The number of nitrogens with zero attached hydrogens (tertiary/aromatic N) is 5. The van der Waals surface area contributed by atoms with Crippen molar-refractivity contribution in [3.63, 3.8) is 0 Å². The summed E-state index contributed by atoms with van der Waals surface area (Å²) in [6.45, 7) is 5.69. The van der Waals surface area contributed by atoms with Crippen LogP contribution >= 0.6 is 11.3 Å². The number of aryl methyl sites for hydroxylation is 1. The lowest BCUT2D eigenvalue weighted by atomic mass is 10.00. The van der Waals surface area contributed by atoms with E-state index in [9.17, 15) is 0 Å². The average Bonchev–Trinajstić information content (AvgIpc) is 3.62. The fourth-order valence-electron chi connectivity index (χ4n) is 6.63. The number of likely N-dealkylation sites (tertiary alicyclic amines) is 1. The molecular weight excluding hydrogens is 456 g/mol. The summed E-state index contributed by atoms with van der Waals surface area (Å²) in [5.41, 5.74) is 3.04. The highest BCUT2D eigenvalue weighted by Crippen LogP contribution is 2.41. The minimum atomic E-state index is 0.493. The highest BCUT2D eigenvalue weighted by atomic mass is 32.1. The molecule has 8 heteroatoms. The number of rotatable bonds is 5. The van der Waals surface area contributed by atoms with Crippen molar-refractivity contribution in [1.82, 2.24) is 24.9 Å². The predicted octanol–water partition coefficient (Wildman–Crippen LogP) is 4.79. The van der Waals surface area contributed by atoms with Gasteiger partial charge in [0.15, 0.2) is 5.82 Å². The third kappa shape index (κ3) is 4.11. The van der Waals surface area contributed by atoms with Crippen molar-refractivity contribution < 1.29 is 4.74 Å². The molecule has 0 radical (unpaired) electrons. The van der Waals surface area contributed by atoms with Crippen LogP contribution in [0.2, 0.25) is 0 Å². The average molecular weight is 489 g/mol. The van der Waals surface area contributed by atoms with Crippen molar-refractivity contribution in [2.24, 2.45) is 24.8 Å². The summed E-state index contributed by atoms with van der Waals surface area (Å²) in [6, 6.07) is 9.01. The van der Waals surface area contributed by atoms with Gasteiger partial charge in [-0.3, -0.25) is 4.68 Å². The zero-order chi connectivity index (χ0) is 23.4. The second-order valence-electron chi connectivity index (χ2n) is 10.7. The van der Waals surface area contributed by atoms with Crippen molar-refractivity contribution >= 4 is 38.1 Å². The van der Waals surface area contributed by atoms with Gasteiger partial charge in [-0.15, -0.1) is 21.5 Å². The minimum absolute atomic E-state index is 0.493. The maximum atomic E-state index is 5.54. The Morgan fingerprint density at radius 3 is 2.74 bits per heavy atom. The van der Waals surface area contributed by atoms with Crippen LogP contribution < -0.4 is 5.32 Å². The first-order valence-corrected chi connectivity index (χ1v) is 13.8. The summed E-state index contributed by atoms with van der Waals surface area (Å²) in [5, 5.41) is 22.1. The molecule has 2 saturated heterocycles. The number of nitrogens with one attached hydrogen (secondary N) is 1. The Balaban J connectivity index is 1.05. The first-order chi connectivity index (χ1) is 17.2. The first-order valence-electron chi connectivity index (χ1n) is 12.9. The molecule has 2 aliphatic heterocycles. The van der Waals surface area contributed by atoms with Crippen LogP contribution in [0.15, 0.2) is 35.8 Å². The smallest absolute Gasteiger partial charge is 0.166 e. The number of ether oxygens (including phenoxy) is 1. The van der Waals surface area contributed by atoms with Crippen LogP contribution in [0.5, 0.6) is 0 Å². The molecule has 1 aliphatic carbocycles. The normalized spacial score (nSPS) is 25.6. The number of fused-ring (bicyclic) bond motifs is 3. The van der Waals surface area contributed by atoms with Crippen molar-refractivity contribution in [2.45, 2.75) is 31.7 Å². The van der Waals surface area contributed by atoms with Gasteiger partial charge in [0.25, 0.3) is 0 Å². The van der Waals surface area contributed by atoms with Gasteiger partial charge in [-0.1, -0.05) is 6.07 Å². The van der Waals surface area contributed by atoms with Crippen LogP contribution in [0.3, 0.4) is 0 Å². The summed E-state index contributed by atoms with van der Waals surface area (Å²) in [7, 11) is 1.96. The number of aromatic nitrogens is 4. The molecule has 3 aromatic heterocycles. The van der Waals surface area contributed by atoms with Gasteiger partial charge >= 0.3 is 0 Å². The van der Waals surface area contributed by atoms with E-state index in [4.69, 9.17) is 14.9 Å². The topological polar surface area (TPSA) is 68.1 Å². The minimum Gasteiger partial charge on any atom is -0.381 e. The summed E-state index contributed by atoms with van der Waals surface area (Å²) < 4.78 is 8.61. The molecule has 3 fully saturated rings. The zero-order valence-electron chi connectivity index (χ0n) is 20.2. The van der Waals surface area contributed by atoms with E-state index >= 15 is 0 Å². The number of hydrogen-bond donors (Lipinski definition) is 1. The predicted molar refractivity (Wildman–Crippen MR) is 141 cm³/mol. The number of hydrogen-bond acceptors (Lipinski definition) is 7. The maximum Gasteiger partial charge on any atom is 0.166 e. The van der Waals surface area contributed by atoms with Gasteiger partial charge in [-0.25, -0.2) is 0 Å². The van der Waals surface area contributed by atoms with Crippen LogP contribution in [0.1, 0.15) is 25.7 Å². The molecule has 1 aromatic carbocycles. The molecule has 35 heavy (non-hydrogen) atoms. The second-order valence-corrected chi connectivity index (χ2v) is 11.7. The van der Waals surface area contributed by atoms with Gasteiger partial charge < -0.3 is 15.0 Å². The molecule has 7 nitrogen and oxygen atoms in total. The second kappa shape index (κ2) is 8.84. The zero-order valence-corrected chi connectivity index (χ0v) is 21.0. The molecule has 0 bridgehead atoms. The van der Waals surface area contributed by atoms with Crippen LogP contribution in [-0.4, -0.2) is 63.8 Å². The standard InChI is InChI=1S/C27H32N6OS/c1-32-14-21-10-18(2-3-24(21)31-32)25-23-6-9-35-26(23)27(30-29-25)28-22-11-19-15-33(16-20(19)12-22)13-17-4-7-34-8-5-17/h2-3,6,9-10,14,17,19-20,22H,4-5,7-8,11-13,15-16H2,1H3,(H,28,30)/t19-,20+,22?. The van der Waals surface area contributed by atoms with Crippen LogP contribution in [-0.2, 0) is 11.8 Å². The van der Waals surface area contributed by atoms with E-state index in [0.29, 0.717) is 6.04 Å².